The van der Waals surface area contributed by atoms with Crippen molar-refractivity contribution in [1.29, 1.82) is 0 Å². The zero-order chi connectivity index (χ0) is 29.5. The molecule has 1 heterocycles. The second-order valence-corrected chi connectivity index (χ2v) is 11.8. The first-order valence-corrected chi connectivity index (χ1v) is 14.7. The van der Waals surface area contributed by atoms with Crippen molar-refractivity contribution >= 4 is 28.9 Å². The molecule has 1 aliphatic heterocycles. The molecular formula is C32H44FN3O5. The molecule has 8 nitrogen and oxygen atoms in total. The third-order valence-corrected chi connectivity index (χ3v) is 8.61. The van der Waals surface area contributed by atoms with Crippen LogP contribution in [0.5, 0.6) is 5.75 Å². The van der Waals surface area contributed by atoms with Crippen molar-refractivity contribution in [3.8, 4) is 5.75 Å². The van der Waals surface area contributed by atoms with Crippen LogP contribution in [-0.4, -0.2) is 49.9 Å². The van der Waals surface area contributed by atoms with Crippen LogP contribution < -0.4 is 20.3 Å². The van der Waals surface area contributed by atoms with Crippen LogP contribution in [0.2, 0.25) is 0 Å². The second kappa shape index (κ2) is 14.0. The zero-order valence-corrected chi connectivity index (χ0v) is 24.6. The molecule has 0 spiro atoms. The summed E-state index contributed by atoms with van der Waals surface area (Å²) in [5.41, 5.74) is 2.54. The molecule has 2 aromatic rings. The van der Waals surface area contributed by atoms with Crippen LogP contribution in [-0.2, 0) is 20.9 Å². The number of carboxylic acids is 1. The summed E-state index contributed by atoms with van der Waals surface area (Å²) in [7, 11) is 1.54. The van der Waals surface area contributed by atoms with E-state index in [1.807, 2.05) is 12.1 Å². The molecule has 2 aliphatic rings. The smallest absolute Gasteiger partial charge is 0.306 e. The zero-order valence-electron chi connectivity index (χ0n) is 24.6. The van der Waals surface area contributed by atoms with E-state index >= 15 is 0 Å². The number of hydrogen-bond donors (Lipinski definition) is 3. The van der Waals surface area contributed by atoms with Gasteiger partial charge in [-0.15, -0.1) is 0 Å². The predicted molar refractivity (Wildman–Crippen MR) is 159 cm³/mol. The Kier molecular flexibility index (Phi) is 10.5. The second-order valence-electron chi connectivity index (χ2n) is 11.8. The van der Waals surface area contributed by atoms with Gasteiger partial charge in [0.15, 0.2) is 0 Å². The highest BCUT2D eigenvalue weighted by Gasteiger charge is 2.32. The van der Waals surface area contributed by atoms with E-state index in [1.54, 1.807) is 18.2 Å². The van der Waals surface area contributed by atoms with Crippen molar-refractivity contribution in [2.45, 2.75) is 65.5 Å². The fourth-order valence-corrected chi connectivity index (χ4v) is 6.16. The molecule has 41 heavy (non-hydrogen) atoms. The van der Waals surface area contributed by atoms with Gasteiger partial charge in [0.1, 0.15) is 18.2 Å². The molecule has 3 unspecified atom stereocenters. The number of carbonyl (C=O) groups excluding carboxylic acids is 1. The number of benzene rings is 2. The number of nitrogens with zero attached hydrogens (tertiary/aromatic N) is 1. The van der Waals surface area contributed by atoms with Gasteiger partial charge < -0.3 is 30.1 Å². The third-order valence-electron chi connectivity index (χ3n) is 8.61. The summed E-state index contributed by atoms with van der Waals surface area (Å²) in [4.78, 5) is 26.2. The molecule has 2 fully saturated rings. The molecule has 224 valence electrons. The SMILES string of the molecule is COc1cc(NCc2c(F)cccc2N2CCC(C(=O)O)CC2)ccc1NC(=O)COC1CC(C)CCC1C(C)C. The molecule has 1 aliphatic carbocycles. The molecule has 0 bridgehead atoms. The van der Waals surface area contributed by atoms with Gasteiger partial charge in [-0.25, -0.2) is 4.39 Å². The van der Waals surface area contributed by atoms with Crippen LogP contribution >= 0.6 is 0 Å². The number of halogens is 1. The number of amides is 1. The van der Waals surface area contributed by atoms with Crippen LogP contribution in [0.3, 0.4) is 0 Å². The first-order valence-electron chi connectivity index (χ1n) is 14.7. The maximum absolute atomic E-state index is 14.9. The van der Waals surface area contributed by atoms with Crippen molar-refractivity contribution in [3.05, 3.63) is 47.8 Å². The largest absolute Gasteiger partial charge is 0.494 e. The fraction of sp³-hybridized carbons (Fsp3) is 0.562. The minimum Gasteiger partial charge on any atom is -0.494 e. The standard InChI is InChI=1S/C32H44FN3O5/c1-20(2)24-10-8-21(3)16-29(24)41-19-31(37)35-27-11-9-23(17-30(27)40-4)34-18-25-26(33)6-5-7-28(25)36-14-12-22(13-15-36)32(38)39/h5-7,9,11,17,20-22,24,29,34H,8,10,12-16,18-19H2,1-4H3,(H,35,37)(H,38,39). The molecule has 0 radical (unpaired) electrons. The Hall–Kier alpha value is -3.33. The maximum atomic E-state index is 14.9. The summed E-state index contributed by atoms with van der Waals surface area (Å²) in [5, 5.41) is 15.5. The summed E-state index contributed by atoms with van der Waals surface area (Å²) >= 11 is 0. The number of carbonyl (C=O) groups is 2. The molecule has 0 aromatic heterocycles. The van der Waals surface area contributed by atoms with Gasteiger partial charge in [-0.3, -0.25) is 9.59 Å². The van der Waals surface area contributed by atoms with E-state index in [-0.39, 0.29) is 36.9 Å². The number of aliphatic carboxylic acids is 1. The van der Waals surface area contributed by atoms with E-state index in [9.17, 15) is 19.1 Å². The van der Waals surface area contributed by atoms with Crippen LogP contribution in [0.1, 0.15) is 58.4 Å². The first-order chi connectivity index (χ1) is 19.7. The minimum atomic E-state index is -0.773. The Bertz CT molecular complexity index is 1200. The average Bonchev–Trinajstić information content (AvgIpc) is 2.95. The molecule has 1 amide bonds. The van der Waals surface area contributed by atoms with Gasteiger partial charge in [-0.2, -0.15) is 0 Å². The summed E-state index contributed by atoms with van der Waals surface area (Å²) in [5.74, 6) is 0.385. The Morgan fingerprint density at radius 2 is 1.88 bits per heavy atom. The number of carboxylic acid groups (broad SMARTS) is 1. The van der Waals surface area contributed by atoms with Gasteiger partial charge in [-0.05, 0) is 67.7 Å². The van der Waals surface area contributed by atoms with E-state index in [1.165, 1.54) is 19.6 Å². The molecule has 4 rings (SSSR count). The molecule has 2 aromatic carbocycles. The van der Waals surface area contributed by atoms with E-state index < -0.39 is 5.97 Å². The van der Waals surface area contributed by atoms with Crippen LogP contribution in [0.15, 0.2) is 36.4 Å². The number of ether oxygens (including phenoxy) is 2. The van der Waals surface area contributed by atoms with Crippen molar-refractivity contribution in [1.82, 2.24) is 0 Å². The maximum Gasteiger partial charge on any atom is 0.306 e. The van der Waals surface area contributed by atoms with Crippen molar-refractivity contribution < 1.29 is 28.6 Å². The number of nitrogens with one attached hydrogen (secondary N) is 2. The Morgan fingerprint density at radius 3 is 2.56 bits per heavy atom. The molecule has 1 saturated carbocycles. The van der Waals surface area contributed by atoms with Crippen molar-refractivity contribution in [2.75, 3.05) is 42.3 Å². The minimum absolute atomic E-state index is 0.0104. The monoisotopic (exact) mass is 569 g/mol. The number of hydrogen-bond acceptors (Lipinski definition) is 6. The summed E-state index contributed by atoms with van der Waals surface area (Å²) < 4.78 is 26.6. The van der Waals surface area contributed by atoms with Gasteiger partial charge in [0.2, 0.25) is 5.91 Å². The number of piperidine rings is 1. The van der Waals surface area contributed by atoms with E-state index in [4.69, 9.17) is 9.47 Å². The number of rotatable bonds is 11. The normalized spacial score (nSPS) is 21.5. The van der Waals surface area contributed by atoms with Gasteiger partial charge in [0.05, 0.1) is 24.8 Å². The van der Waals surface area contributed by atoms with Crippen molar-refractivity contribution in [2.24, 2.45) is 23.7 Å². The van der Waals surface area contributed by atoms with E-state index in [0.717, 1.165) is 18.5 Å². The lowest BCUT2D eigenvalue weighted by Crippen LogP contribution is -2.37. The lowest BCUT2D eigenvalue weighted by Gasteiger charge is -2.37. The molecule has 3 atom stereocenters. The third kappa shape index (κ3) is 7.91. The lowest BCUT2D eigenvalue weighted by molar-refractivity contribution is -0.142. The quantitative estimate of drug-likeness (QED) is 0.298. The highest BCUT2D eigenvalue weighted by Crippen LogP contribution is 2.36. The van der Waals surface area contributed by atoms with Gasteiger partial charge in [-0.1, -0.05) is 33.3 Å². The molecule has 1 saturated heterocycles. The van der Waals surface area contributed by atoms with Crippen LogP contribution in [0.25, 0.3) is 0 Å². The van der Waals surface area contributed by atoms with Crippen LogP contribution in [0, 0.1) is 29.5 Å². The topological polar surface area (TPSA) is 100 Å². The number of methoxy groups -OCH3 is 1. The highest BCUT2D eigenvalue weighted by atomic mass is 19.1. The van der Waals surface area contributed by atoms with Gasteiger partial charge in [0.25, 0.3) is 0 Å². The van der Waals surface area contributed by atoms with Gasteiger partial charge >= 0.3 is 5.97 Å². The summed E-state index contributed by atoms with van der Waals surface area (Å²) in [6.07, 6.45) is 4.47. The van der Waals surface area contributed by atoms with Crippen LogP contribution in [0.4, 0.5) is 21.5 Å². The van der Waals surface area contributed by atoms with E-state index in [2.05, 4.69) is 36.3 Å². The summed E-state index contributed by atoms with van der Waals surface area (Å²) in [6, 6.07) is 10.3. The van der Waals surface area contributed by atoms with E-state index in [0.29, 0.717) is 66.4 Å². The average molecular weight is 570 g/mol. The van der Waals surface area contributed by atoms with Gasteiger partial charge in [0, 0.05) is 42.6 Å². The number of anilines is 3. The molecule has 3 N–H and O–H groups in total. The Morgan fingerprint density at radius 1 is 1.12 bits per heavy atom. The lowest BCUT2D eigenvalue weighted by atomic mass is 9.75. The first kappa shape index (κ1) is 30.6. The highest BCUT2D eigenvalue weighted by molar-refractivity contribution is 5.93. The Labute approximate surface area is 242 Å². The summed E-state index contributed by atoms with van der Waals surface area (Å²) in [6.45, 7) is 8.03. The fourth-order valence-electron chi connectivity index (χ4n) is 6.16. The molecule has 9 heteroatoms. The van der Waals surface area contributed by atoms with Crippen molar-refractivity contribution in [3.63, 3.8) is 0 Å². The Balaban J connectivity index is 1.36. The predicted octanol–water partition coefficient (Wildman–Crippen LogP) is 6.16. The molecular weight excluding hydrogens is 525 g/mol.